The third-order valence-electron chi connectivity index (χ3n) is 8.88. The average molecular weight is 694 g/mol. The minimum absolute atomic E-state index is 0.281. The van der Waals surface area contributed by atoms with Crippen LogP contribution in [-0.4, -0.2) is 23.4 Å². The van der Waals surface area contributed by atoms with Crippen molar-refractivity contribution in [3.05, 3.63) is 82.9 Å². The molecular weight excluding hydrogens is 639 g/mol. The maximum absolute atomic E-state index is 13.3. The van der Waals surface area contributed by atoms with Gasteiger partial charge in [0.05, 0.1) is 17.7 Å². The van der Waals surface area contributed by atoms with Gasteiger partial charge in [-0.3, -0.25) is 0 Å². The number of hydrogen-bond acceptors (Lipinski definition) is 7. The lowest BCUT2D eigenvalue weighted by atomic mass is 9.88. The van der Waals surface area contributed by atoms with E-state index in [0.717, 1.165) is 36.8 Å². The van der Waals surface area contributed by atoms with Crippen molar-refractivity contribution >= 4 is 20.2 Å². The van der Waals surface area contributed by atoms with Gasteiger partial charge in [-0.05, 0) is 91.8 Å². The van der Waals surface area contributed by atoms with Gasteiger partial charge in [-0.25, -0.2) is 14.1 Å². The predicted octanol–water partition coefficient (Wildman–Crippen LogP) is 10.9. The van der Waals surface area contributed by atoms with Gasteiger partial charge in [0, 0.05) is 15.7 Å². The molecule has 49 heavy (non-hydrogen) atoms. The number of hydrogen-bond donors (Lipinski definition) is 1. The first-order chi connectivity index (χ1) is 23.6. The standard InChI is InChI=1S/C40H53O8P/c1-6-9-10-11-12-13-14-15-26-45-33-20-16-31(17-21-33)39(41)46-34-22-18-32(19-23-34)40(42)47-37-24-25-38(48-49(43)44)36(28-30(5)8-3)35(37)27-29(4)7-2/h16-25,29-30H,6-15,26-28H2,1-5H3/p+1/t29-,30?/m0/s1. The maximum Gasteiger partial charge on any atom is 0.747 e. The molecule has 0 aliphatic heterocycles. The monoisotopic (exact) mass is 693 g/mol. The minimum Gasteiger partial charge on any atom is -0.494 e. The number of unbranched alkanes of at least 4 members (excludes halogenated alkanes) is 7. The molecule has 266 valence electrons. The van der Waals surface area contributed by atoms with Crippen LogP contribution in [0, 0.1) is 11.8 Å². The van der Waals surface area contributed by atoms with Gasteiger partial charge in [0.2, 0.25) is 0 Å². The first-order valence-electron chi connectivity index (χ1n) is 17.9. The van der Waals surface area contributed by atoms with Crippen molar-refractivity contribution < 1.29 is 37.8 Å². The summed E-state index contributed by atoms with van der Waals surface area (Å²) in [6, 6.07) is 16.3. The van der Waals surface area contributed by atoms with E-state index in [-0.39, 0.29) is 17.4 Å². The van der Waals surface area contributed by atoms with Crippen LogP contribution in [0.1, 0.15) is 131 Å². The first-order valence-corrected chi connectivity index (χ1v) is 19.0. The molecule has 0 spiro atoms. The number of rotatable bonds is 22. The second-order valence-corrected chi connectivity index (χ2v) is 13.6. The van der Waals surface area contributed by atoms with E-state index in [4.69, 9.17) is 18.7 Å². The van der Waals surface area contributed by atoms with Crippen LogP contribution in [0.15, 0.2) is 60.7 Å². The number of ether oxygens (including phenoxy) is 3. The van der Waals surface area contributed by atoms with E-state index in [2.05, 4.69) is 34.6 Å². The molecule has 0 aliphatic carbocycles. The summed E-state index contributed by atoms with van der Waals surface area (Å²) < 4.78 is 34.2. The number of carbonyl (C=O) groups is 2. The molecule has 0 aromatic heterocycles. The van der Waals surface area contributed by atoms with E-state index in [9.17, 15) is 19.0 Å². The molecule has 0 saturated carbocycles. The van der Waals surface area contributed by atoms with Crippen molar-refractivity contribution in [2.75, 3.05) is 6.61 Å². The van der Waals surface area contributed by atoms with Crippen LogP contribution < -0.4 is 18.7 Å². The summed E-state index contributed by atoms with van der Waals surface area (Å²) in [5.74, 6) is 1.22. The normalized spacial score (nSPS) is 12.6. The highest BCUT2D eigenvalue weighted by Crippen LogP contribution is 2.38. The summed E-state index contributed by atoms with van der Waals surface area (Å²) in [5, 5.41) is 0. The Hall–Kier alpha value is -3.74. The minimum atomic E-state index is -2.85. The van der Waals surface area contributed by atoms with E-state index < -0.39 is 20.2 Å². The fraction of sp³-hybridized carbons (Fsp3) is 0.500. The van der Waals surface area contributed by atoms with Crippen molar-refractivity contribution in [1.82, 2.24) is 0 Å². The number of carbonyl (C=O) groups excluding carboxylic acids is 2. The SMILES string of the molecule is CCCCCCCCCCOc1ccc(C(=O)Oc2ccc(C(=O)Oc3ccc(O[P+](=O)O)c(CC(C)CC)c3C[C@@H](C)CC)cc2)cc1. The van der Waals surface area contributed by atoms with E-state index in [1.165, 1.54) is 38.5 Å². The lowest BCUT2D eigenvalue weighted by Crippen LogP contribution is -2.14. The Morgan fingerprint density at radius 3 is 1.63 bits per heavy atom. The van der Waals surface area contributed by atoms with E-state index in [1.807, 2.05) is 0 Å². The van der Waals surface area contributed by atoms with Crippen molar-refractivity contribution in [2.45, 2.75) is 112 Å². The summed E-state index contributed by atoms with van der Waals surface area (Å²) in [6.07, 6.45) is 13.0. The van der Waals surface area contributed by atoms with Gasteiger partial charge in [-0.2, -0.15) is 0 Å². The molecule has 0 amide bonds. The van der Waals surface area contributed by atoms with Crippen molar-refractivity contribution in [1.29, 1.82) is 0 Å². The Morgan fingerprint density at radius 1 is 0.633 bits per heavy atom. The van der Waals surface area contributed by atoms with Crippen molar-refractivity contribution in [3.8, 4) is 23.0 Å². The maximum atomic E-state index is 13.3. The summed E-state index contributed by atoms with van der Waals surface area (Å²) in [6.45, 7) is 11.3. The molecule has 0 heterocycles. The highest BCUT2D eigenvalue weighted by atomic mass is 31.1. The Morgan fingerprint density at radius 2 is 1.10 bits per heavy atom. The molecule has 3 aromatic carbocycles. The van der Waals surface area contributed by atoms with Gasteiger partial charge in [0.15, 0.2) is 5.75 Å². The van der Waals surface area contributed by atoms with Crippen molar-refractivity contribution in [2.24, 2.45) is 11.8 Å². The Kier molecular flexibility index (Phi) is 17.3. The zero-order valence-electron chi connectivity index (χ0n) is 29.9. The predicted molar refractivity (Wildman–Crippen MR) is 194 cm³/mol. The highest BCUT2D eigenvalue weighted by molar-refractivity contribution is 7.32. The van der Waals surface area contributed by atoms with Crippen LogP contribution in [0.5, 0.6) is 23.0 Å². The number of esters is 2. The van der Waals surface area contributed by atoms with Crippen LogP contribution in [0.3, 0.4) is 0 Å². The molecule has 3 rings (SSSR count). The molecule has 0 bridgehead atoms. The van der Waals surface area contributed by atoms with Crippen LogP contribution >= 0.6 is 8.25 Å². The van der Waals surface area contributed by atoms with Crippen LogP contribution in [0.25, 0.3) is 0 Å². The summed E-state index contributed by atoms with van der Waals surface area (Å²) in [4.78, 5) is 35.6. The van der Waals surface area contributed by atoms with E-state index >= 15 is 0 Å². The third kappa shape index (κ3) is 13.6. The second kappa shape index (κ2) is 21.4. The second-order valence-electron chi connectivity index (χ2n) is 12.9. The third-order valence-corrected chi connectivity index (χ3v) is 9.23. The zero-order valence-corrected chi connectivity index (χ0v) is 30.8. The molecule has 0 radical (unpaired) electrons. The lowest BCUT2D eigenvalue weighted by Gasteiger charge is -2.20. The van der Waals surface area contributed by atoms with Crippen LogP contribution in [0.4, 0.5) is 0 Å². The Bertz CT molecular complexity index is 1470. The molecule has 0 saturated heterocycles. The van der Waals surface area contributed by atoms with E-state index in [0.29, 0.717) is 48.0 Å². The van der Waals surface area contributed by atoms with Crippen LogP contribution in [0.2, 0.25) is 0 Å². The molecule has 9 heteroatoms. The Labute approximate surface area is 293 Å². The largest absolute Gasteiger partial charge is 0.747 e. The quantitative estimate of drug-likeness (QED) is 0.0479. The van der Waals surface area contributed by atoms with Gasteiger partial charge < -0.3 is 14.2 Å². The van der Waals surface area contributed by atoms with Crippen LogP contribution in [-0.2, 0) is 17.4 Å². The first kappa shape index (κ1) is 39.7. The number of benzene rings is 3. The highest BCUT2D eigenvalue weighted by Gasteiger charge is 2.26. The summed E-state index contributed by atoms with van der Waals surface area (Å²) >= 11 is 0. The van der Waals surface area contributed by atoms with Gasteiger partial charge in [-0.15, -0.1) is 4.89 Å². The molecule has 3 atom stereocenters. The average Bonchev–Trinajstić information content (AvgIpc) is 3.09. The van der Waals surface area contributed by atoms with Gasteiger partial charge in [0.1, 0.15) is 17.2 Å². The molecular formula is C40H54O8P+. The fourth-order valence-corrected chi connectivity index (χ4v) is 5.78. The van der Waals surface area contributed by atoms with Gasteiger partial charge in [-0.1, -0.05) is 92.4 Å². The topological polar surface area (TPSA) is 108 Å². The molecule has 8 nitrogen and oxygen atoms in total. The Balaban J connectivity index is 1.60. The van der Waals surface area contributed by atoms with Gasteiger partial charge in [0.25, 0.3) is 0 Å². The van der Waals surface area contributed by atoms with Crippen molar-refractivity contribution in [3.63, 3.8) is 0 Å². The summed E-state index contributed by atoms with van der Waals surface area (Å²) in [7, 11) is -2.85. The molecule has 1 N–H and O–H groups in total. The fourth-order valence-electron chi connectivity index (χ4n) is 5.45. The van der Waals surface area contributed by atoms with Gasteiger partial charge >= 0.3 is 20.2 Å². The molecule has 3 aromatic rings. The lowest BCUT2D eigenvalue weighted by molar-refractivity contribution is 0.0729. The summed E-state index contributed by atoms with van der Waals surface area (Å²) in [5.41, 5.74) is 2.26. The molecule has 2 unspecified atom stereocenters. The zero-order chi connectivity index (χ0) is 35.6. The van der Waals surface area contributed by atoms with E-state index in [1.54, 1.807) is 60.7 Å². The molecule has 0 fully saturated rings. The smallest absolute Gasteiger partial charge is 0.494 e. The molecule has 0 aliphatic rings.